The maximum absolute atomic E-state index is 13.6. The smallest absolute Gasteiger partial charge is 0.369 e. The Morgan fingerprint density at radius 3 is 2.33 bits per heavy atom. The van der Waals surface area contributed by atoms with E-state index in [0.717, 1.165) is 36.0 Å². The molecule has 1 amide bonds. The van der Waals surface area contributed by atoms with Gasteiger partial charge in [-0.15, -0.1) is 0 Å². The molecule has 4 rings (SSSR count). The minimum Gasteiger partial charge on any atom is -0.369 e. The second-order valence-electron chi connectivity index (χ2n) is 8.33. The van der Waals surface area contributed by atoms with E-state index in [0.29, 0.717) is 24.6 Å². The van der Waals surface area contributed by atoms with Crippen molar-refractivity contribution >= 4 is 5.91 Å². The van der Waals surface area contributed by atoms with Gasteiger partial charge in [0.05, 0.1) is 17.7 Å². The summed E-state index contributed by atoms with van der Waals surface area (Å²) in [4.78, 5) is 19.6. The molecule has 0 bridgehead atoms. The third-order valence-electron chi connectivity index (χ3n) is 5.93. The van der Waals surface area contributed by atoms with E-state index in [9.17, 15) is 18.0 Å². The Labute approximate surface area is 190 Å². The summed E-state index contributed by atoms with van der Waals surface area (Å²) < 4.78 is 40.8. The number of amides is 1. The number of benzene rings is 2. The van der Waals surface area contributed by atoms with Crippen LogP contribution in [0, 0.1) is 0 Å². The predicted molar refractivity (Wildman–Crippen MR) is 119 cm³/mol. The van der Waals surface area contributed by atoms with Crippen LogP contribution in [0.5, 0.6) is 0 Å². The minimum absolute atomic E-state index is 0.0430. The number of hydrogen-bond donors (Lipinski definition) is 2. The fourth-order valence-corrected chi connectivity index (χ4v) is 4.00. The van der Waals surface area contributed by atoms with Crippen molar-refractivity contribution in [3.63, 3.8) is 0 Å². The maximum Gasteiger partial charge on any atom is 0.419 e. The van der Waals surface area contributed by atoms with Gasteiger partial charge in [-0.05, 0) is 35.1 Å². The summed E-state index contributed by atoms with van der Waals surface area (Å²) in [6.45, 7) is 1.93. The maximum atomic E-state index is 13.6. The lowest BCUT2D eigenvalue weighted by atomic mass is 9.93. The topological polar surface area (TPSA) is 80.9 Å². The molecule has 0 aliphatic carbocycles. The number of nitrogens with zero attached hydrogens (tertiary/aromatic N) is 2. The van der Waals surface area contributed by atoms with Crippen LogP contribution in [-0.4, -0.2) is 29.0 Å². The summed E-state index contributed by atoms with van der Waals surface area (Å²) in [6, 6.07) is 15.2. The highest BCUT2D eigenvalue weighted by molar-refractivity contribution is 5.77. The number of halogens is 3. The van der Waals surface area contributed by atoms with Crippen LogP contribution in [-0.2, 0) is 36.7 Å². The lowest BCUT2D eigenvalue weighted by molar-refractivity contribution is -0.138. The Hall–Kier alpha value is -3.26. The molecule has 172 valence electrons. The van der Waals surface area contributed by atoms with Gasteiger partial charge in [-0.2, -0.15) is 13.2 Å². The number of rotatable bonds is 8. The molecule has 0 saturated carbocycles. The summed E-state index contributed by atoms with van der Waals surface area (Å²) in [5.74, 6) is 0.384. The summed E-state index contributed by atoms with van der Waals surface area (Å²) in [5, 5.41) is 3.24. The first-order chi connectivity index (χ1) is 15.8. The molecular weight excluding hydrogens is 429 g/mol. The van der Waals surface area contributed by atoms with Crippen LogP contribution < -0.4 is 11.1 Å². The molecule has 0 unspecified atom stereocenters. The lowest BCUT2D eigenvalue weighted by Crippen LogP contribution is -2.39. The van der Waals surface area contributed by atoms with Gasteiger partial charge in [0.1, 0.15) is 5.82 Å². The molecule has 1 aromatic heterocycles. The van der Waals surface area contributed by atoms with E-state index in [1.807, 2.05) is 12.1 Å². The molecular formula is C25H25F3N4O. The van der Waals surface area contributed by atoms with Crippen molar-refractivity contribution in [3.8, 4) is 0 Å². The number of carbonyl (C=O) groups is 1. The van der Waals surface area contributed by atoms with Gasteiger partial charge in [-0.25, -0.2) is 9.97 Å². The van der Waals surface area contributed by atoms with Crippen LogP contribution in [0.2, 0.25) is 0 Å². The highest BCUT2D eigenvalue weighted by Crippen LogP contribution is 2.32. The molecule has 1 aliphatic heterocycles. The Kier molecular flexibility index (Phi) is 6.74. The second-order valence-corrected chi connectivity index (χ2v) is 8.33. The van der Waals surface area contributed by atoms with Crippen LogP contribution in [0.4, 0.5) is 13.2 Å². The summed E-state index contributed by atoms with van der Waals surface area (Å²) in [5.41, 5.74) is 8.13. The van der Waals surface area contributed by atoms with E-state index >= 15 is 0 Å². The van der Waals surface area contributed by atoms with E-state index in [2.05, 4.69) is 27.4 Å². The standard InChI is InChI=1S/C25H25F3N4O/c26-25(27,28)21-15-31-24(11-16-5-7-18(8-6-16)20-13-30-14-20)32-22(21)10-9-17-3-1-2-4-19(17)12-23(29)33/h1-8,15,20,30H,9-14H2,(H2,29,33). The Bertz CT molecular complexity index is 1130. The second kappa shape index (κ2) is 9.70. The Balaban J connectivity index is 1.54. The summed E-state index contributed by atoms with van der Waals surface area (Å²) >= 11 is 0. The first kappa shape index (κ1) is 22.9. The quantitative estimate of drug-likeness (QED) is 0.545. The number of aromatic nitrogens is 2. The van der Waals surface area contributed by atoms with Gasteiger partial charge in [-0.3, -0.25) is 4.79 Å². The molecule has 3 N–H and O–H groups in total. The van der Waals surface area contributed by atoms with Crippen molar-refractivity contribution in [1.29, 1.82) is 0 Å². The van der Waals surface area contributed by atoms with Crippen LogP contribution >= 0.6 is 0 Å². The minimum atomic E-state index is -4.54. The van der Waals surface area contributed by atoms with Gasteiger partial charge < -0.3 is 11.1 Å². The average molecular weight is 454 g/mol. The van der Waals surface area contributed by atoms with Gasteiger partial charge in [0.25, 0.3) is 0 Å². The Morgan fingerprint density at radius 1 is 1.03 bits per heavy atom. The predicted octanol–water partition coefficient (Wildman–Crippen LogP) is 3.59. The number of nitrogens with one attached hydrogen (secondary N) is 1. The van der Waals surface area contributed by atoms with Crippen molar-refractivity contribution in [3.05, 3.63) is 94.1 Å². The van der Waals surface area contributed by atoms with Gasteiger partial charge in [0.15, 0.2) is 0 Å². The van der Waals surface area contributed by atoms with E-state index in [4.69, 9.17) is 5.73 Å². The molecule has 0 radical (unpaired) electrons. The van der Waals surface area contributed by atoms with E-state index < -0.39 is 17.6 Å². The normalized spacial score (nSPS) is 14.2. The van der Waals surface area contributed by atoms with Crippen molar-refractivity contribution < 1.29 is 18.0 Å². The van der Waals surface area contributed by atoms with Crippen LogP contribution in [0.3, 0.4) is 0 Å². The lowest BCUT2D eigenvalue weighted by Gasteiger charge is -2.27. The summed E-state index contributed by atoms with van der Waals surface area (Å²) in [7, 11) is 0. The van der Waals surface area contributed by atoms with E-state index in [1.165, 1.54) is 5.56 Å². The van der Waals surface area contributed by atoms with Gasteiger partial charge in [-0.1, -0.05) is 48.5 Å². The highest BCUT2D eigenvalue weighted by Gasteiger charge is 2.34. The average Bonchev–Trinajstić information content (AvgIpc) is 2.72. The zero-order valence-electron chi connectivity index (χ0n) is 18.0. The van der Waals surface area contributed by atoms with Crippen molar-refractivity contribution in [1.82, 2.24) is 15.3 Å². The third kappa shape index (κ3) is 5.76. The fraction of sp³-hybridized carbons (Fsp3) is 0.320. The molecule has 33 heavy (non-hydrogen) atoms. The third-order valence-corrected chi connectivity index (χ3v) is 5.93. The van der Waals surface area contributed by atoms with Crippen LogP contribution in [0.15, 0.2) is 54.7 Å². The number of aryl methyl sites for hydroxylation is 2. The molecule has 0 atom stereocenters. The Morgan fingerprint density at radius 2 is 1.73 bits per heavy atom. The molecule has 1 saturated heterocycles. The van der Waals surface area contributed by atoms with E-state index in [1.54, 1.807) is 24.3 Å². The summed E-state index contributed by atoms with van der Waals surface area (Å²) in [6.07, 6.45) is -2.88. The molecule has 1 fully saturated rings. The SMILES string of the molecule is NC(=O)Cc1ccccc1CCc1nc(Cc2ccc(C3CNC3)cc2)ncc1C(F)(F)F. The number of alkyl halides is 3. The number of primary amides is 1. The van der Waals surface area contributed by atoms with Gasteiger partial charge >= 0.3 is 6.18 Å². The molecule has 2 aromatic carbocycles. The largest absolute Gasteiger partial charge is 0.419 e. The monoisotopic (exact) mass is 454 g/mol. The van der Waals surface area contributed by atoms with Gasteiger partial charge in [0, 0.05) is 31.6 Å². The first-order valence-electron chi connectivity index (χ1n) is 10.9. The zero-order valence-corrected chi connectivity index (χ0v) is 18.0. The first-order valence-corrected chi connectivity index (χ1v) is 10.9. The molecule has 3 aromatic rings. The van der Waals surface area contributed by atoms with Gasteiger partial charge in [0.2, 0.25) is 5.91 Å². The number of hydrogen-bond acceptors (Lipinski definition) is 4. The highest BCUT2D eigenvalue weighted by atomic mass is 19.4. The van der Waals surface area contributed by atoms with Crippen LogP contribution in [0.25, 0.3) is 0 Å². The zero-order chi connectivity index (χ0) is 23.4. The van der Waals surface area contributed by atoms with Crippen LogP contribution in [0.1, 0.15) is 45.3 Å². The number of carbonyl (C=O) groups excluding carboxylic acids is 1. The molecule has 2 heterocycles. The molecule has 0 spiro atoms. The van der Waals surface area contributed by atoms with Crippen molar-refractivity contribution in [2.75, 3.05) is 13.1 Å². The van der Waals surface area contributed by atoms with Crippen molar-refractivity contribution in [2.24, 2.45) is 5.73 Å². The molecule has 1 aliphatic rings. The fourth-order valence-electron chi connectivity index (χ4n) is 4.00. The number of nitrogens with two attached hydrogens (primary N) is 1. The van der Waals surface area contributed by atoms with E-state index in [-0.39, 0.29) is 18.5 Å². The van der Waals surface area contributed by atoms with Crippen molar-refractivity contribution in [2.45, 2.75) is 37.8 Å². The molecule has 5 nitrogen and oxygen atoms in total. The molecule has 8 heteroatoms.